The molecule has 29 heavy (non-hydrogen) atoms. The summed E-state index contributed by atoms with van der Waals surface area (Å²) in [6.45, 7) is 7.75. The molecule has 5 nitrogen and oxygen atoms in total. The molecular weight excluding hydrogens is 378 g/mol. The molecule has 0 atom stereocenters. The number of para-hydroxylation sites is 1. The van der Waals surface area contributed by atoms with E-state index in [1.54, 1.807) is 0 Å². The lowest BCUT2D eigenvalue weighted by Crippen LogP contribution is -2.46. The van der Waals surface area contributed by atoms with Crippen molar-refractivity contribution < 1.29 is 0 Å². The largest absolute Gasteiger partial charge is 0.369 e. The third kappa shape index (κ3) is 7.05. The fraction of sp³-hybridized carbons (Fsp3) is 0.522. The minimum atomic E-state index is 0.986. The lowest BCUT2D eigenvalue weighted by molar-refractivity contribution is 0.253. The molecule has 1 aromatic carbocycles. The first-order chi connectivity index (χ1) is 14.3. The van der Waals surface area contributed by atoms with Gasteiger partial charge >= 0.3 is 0 Å². The predicted molar refractivity (Wildman–Crippen MR) is 126 cm³/mol. The van der Waals surface area contributed by atoms with Gasteiger partial charge in [-0.25, -0.2) is 0 Å². The van der Waals surface area contributed by atoms with E-state index in [1.165, 1.54) is 30.0 Å². The first-order valence-electron chi connectivity index (χ1n) is 10.7. The van der Waals surface area contributed by atoms with Crippen molar-refractivity contribution in [1.29, 1.82) is 0 Å². The number of nitrogens with zero attached hydrogens (tertiary/aromatic N) is 4. The zero-order chi connectivity index (χ0) is 20.3. The van der Waals surface area contributed by atoms with Crippen molar-refractivity contribution in [3.05, 3.63) is 52.7 Å². The molecule has 6 heteroatoms. The molecule has 0 amide bonds. The van der Waals surface area contributed by atoms with Crippen molar-refractivity contribution in [1.82, 2.24) is 15.1 Å². The number of unbranched alkanes of at least 4 members (excludes halogenated alkanes) is 1. The van der Waals surface area contributed by atoms with Gasteiger partial charge in [-0.3, -0.25) is 9.89 Å². The molecule has 1 aliphatic rings. The van der Waals surface area contributed by atoms with E-state index < -0.39 is 0 Å². The summed E-state index contributed by atoms with van der Waals surface area (Å²) in [7, 11) is 3.99. The standard InChI is InChI=1S/C23H35N5S/c1-24-23(26(2)15-12-22-11-8-20-29-22)25-13-6-7-14-27-16-18-28(19-17-27)21-9-4-3-5-10-21/h3-5,8-11,20H,6-7,12-19H2,1-2H3,(H,24,25). The van der Waals surface area contributed by atoms with Crippen LogP contribution in [0.5, 0.6) is 0 Å². The van der Waals surface area contributed by atoms with E-state index in [0.717, 1.165) is 51.6 Å². The summed E-state index contributed by atoms with van der Waals surface area (Å²) in [5, 5.41) is 5.66. The maximum atomic E-state index is 4.43. The highest BCUT2D eigenvalue weighted by molar-refractivity contribution is 7.09. The number of hydrogen-bond donors (Lipinski definition) is 1. The number of guanidine groups is 1. The third-order valence-corrected chi connectivity index (χ3v) is 6.46. The topological polar surface area (TPSA) is 34.1 Å². The summed E-state index contributed by atoms with van der Waals surface area (Å²) in [5.74, 6) is 0.998. The Morgan fingerprint density at radius 2 is 1.86 bits per heavy atom. The average molecular weight is 414 g/mol. The first kappa shape index (κ1) is 21.7. The summed E-state index contributed by atoms with van der Waals surface area (Å²) in [4.78, 5) is 13.2. The van der Waals surface area contributed by atoms with Gasteiger partial charge in [-0.1, -0.05) is 24.3 Å². The Bertz CT molecular complexity index is 708. The van der Waals surface area contributed by atoms with Crippen LogP contribution in [0.4, 0.5) is 5.69 Å². The van der Waals surface area contributed by atoms with Crippen molar-refractivity contribution >= 4 is 23.0 Å². The Morgan fingerprint density at radius 3 is 2.55 bits per heavy atom. The van der Waals surface area contributed by atoms with Gasteiger partial charge in [0.05, 0.1) is 0 Å². The van der Waals surface area contributed by atoms with E-state index in [4.69, 9.17) is 0 Å². The molecule has 1 aromatic heterocycles. The van der Waals surface area contributed by atoms with E-state index in [1.807, 2.05) is 18.4 Å². The van der Waals surface area contributed by atoms with Crippen LogP contribution in [0, 0.1) is 0 Å². The number of aliphatic imine (C=N–C) groups is 1. The van der Waals surface area contributed by atoms with Crippen LogP contribution in [0.2, 0.25) is 0 Å². The molecule has 1 N–H and O–H groups in total. The minimum Gasteiger partial charge on any atom is -0.369 e. The Morgan fingerprint density at radius 1 is 1.07 bits per heavy atom. The second-order valence-corrected chi connectivity index (χ2v) is 8.63. The number of nitrogens with one attached hydrogen (secondary N) is 1. The normalized spacial score (nSPS) is 15.5. The summed E-state index contributed by atoms with van der Waals surface area (Å²) in [6.07, 6.45) is 3.48. The van der Waals surface area contributed by atoms with Crippen LogP contribution < -0.4 is 10.2 Å². The number of anilines is 1. The van der Waals surface area contributed by atoms with Gasteiger partial charge in [0.1, 0.15) is 0 Å². The second kappa shape index (κ2) is 11.8. The number of likely N-dealkylation sites (N-methyl/N-ethyl adjacent to an activating group) is 1. The smallest absolute Gasteiger partial charge is 0.193 e. The number of benzene rings is 1. The molecule has 0 spiro atoms. The molecule has 0 saturated carbocycles. The average Bonchev–Trinajstić information content (AvgIpc) is 3.29. The maximum Gasteiger partial charge on any atom is 0.193 e. The summed E-state index contributed by atoms with van der Waals surface area (Å²) < 4.78 is 0. The van der Waals surface area contributed by atoms with E-state index in [-0.39, 0.29) is 0 Å². The quantitative estimate of drug-likeness (QED) is 0.388. The summed E-state index contributed by atoms with van der Waals surface area (Å²) in [6, 6.07) is 15.1. The fourth-order valence-electron chi connectivity index (χ4n) is 3.75. The molecule has 0 radical (unpaired) electrons. The van der Waals surface area contributed by atoms with E-state index in [9.17, 15) is 0 Å². The van der Waals surface area contributed by atoms with Crippen LogP contribution in [0.3, 0.4) is 0 Å². The van der Waals surface area contributed by atoms with Crippen molar-refractivity contribution in [2.75, 3.05) is 64.8 Å². The number of hydrogen-bond acceptors (Lipinski definition) is 4. The zero-order valence-electron chi connectivity index (χ0n) is 17.9. The fourth-order valence-corrected chi connectivity index (χ4v) is 4.45. The lowest BCUT2D eigenvalue weighted by atomic mass is 10.2. The van der Waals surface area contributed by atoms with Crippen LogP contribution in [0.15, 0.2) is 52.8 Å². The Kier molecular flexibility index (Phi) is 8.83. The zero-order valence-corrected chi connectivity index (χ0v) is 18.7. The van der Waals surface area contributed by atoms with Crippen molar-refractivity contribution in [2.24, 2.45) is 4.99 Å². The Hall–Kier alpha value is -2.05. The predicted octanol–water partition coefficient (Wildman–Crippen LogP) is 3.40. The molecule has 0 unspecified atom stereocenters. The monoisotopic (exact) mass is 413 g/mol. The molecule has 1 saturated heterocycles. The van der Waals surface area contributed by atoms with E-state index in [0.29, 0.717) is 0 Å². The van der Waals surface area contributed by atoms with Crippen LogP contribution >= 0.6 is 11.3 Å². The van der Waals surface area contributed by atoms with Crippen LogP contribution in [-0.4, -0.2) is 75.7 Å². The third-order valence-electron chi connectivity index (χ3n) is 5.52. The van der Waals surface area contributed by atoms with Gasteiger partial charge < -0.3 is 15.1 Å². The van der Waals surface area contributed by atoms with Gasteiger partial charge in [-0.15, -0.1) is 11.3 Å². The SMILES string of the molecule is CN=C(NCCCCN1CCN(c2ccccc2)CC1)N(C)CCc1cccs1. The van der Waals surface area contributed by atoms with Gasteiger partial charge in [0.2, 0.25) is 0 Å². The lowest BCUT2D eigenvalue weighted by Gasteiger charge is -2.36. The number of thiophene rings is 1. The van der Waals surface area contributed by atoms with Gasteiger partial charge in [0, 0.05) is 63.9 Å². The van der Waals surface area contributed by atoms with Gasteiger partial charge in [-0.2, -0.15) is 0 Å². The summed E-state index contributed by atoms with van der Waals surface area (Å²) in [5.41, 5.74) is 1.35. The Labute approximate surface area is 180 Å². The Balaban J connectivity index is 1.26. The number of rotatable bonds is 9. The molecule has 158 valence electrons. The maximum absolute atomic E-state index is 4.43. The van der Waals surface area contributed by atoms with Gasteiger partial charge in [0.15, 0.2) is 5.96 Å². The van der Waals surface area contributed by atoms with Crippen LogP contribution in [0.25, 0.3) is 0 Å². The van der Waals surface area contributed by atoms with Gasteiger partial charge in [0.25, 0.3) is 0 Å². The van der Waals surface area contributed by atoms with Crippen LogP contribution in [0.1, 0.15) is 17.7 Å². The molecule has 1 fully saturated rings. The molecule has 2 aromatic rings. The van der Waals surface area contributed by atoms with Crippen molar-refractivity contribution in [3.8, 4) is 0 Å². The highest BCUT2D eigenvalue weighted by atomic mass is 32.1. The van der Waals surface area contributed by atoms with E-state index >= 15 is 0 Å². The summed E-state index contributed by atoms with van der Waals surface area (Å²) >= 11 is 1.83. The van der Waals surface area contributed by atoms with Crippen molar-refractivity contribution in [2.45, 2.75) is 19.3 Å². The molecule has 0 bridgehead atoms. The number of piperazine rings is 1. The van der Waals surface area contributed by atoms with Crippen molar-refractivity contribution in [3.63, 3.8) is 0 Å². The molecular formula is C23H35N5S. The molecule has 1 aliphatic heterocycles. The molecule has 2 heterocycles. The van der Waals surface area contributed by atoms with E-state index in [2.05, 4.69) is 79.9 Å². The van der Waals surface area contributed by atoms with Gasteiger partial charge in [-0.05, 0) is 49.4 Å². The highest BCUT2D eigenvalue weighted by Crippen LogP contribution is 2.15. The highest BCUT2D eigenvalue weighted by Gasteiger charge is 2.16. The first-order valence-corrected chi connectivity index (χ1v) is 11.6. The molecule has 3 rings (SSSR count). The second-order valence-electron chi connectivity index (χ2n) is 7.60. The van der Waals surface area contributed by atoms with Crippen LogP contribution in [-0.2, 0) is 6.42 Å². The minimum absolute atomic E-state index is 0.986. The molecule has 0 aliphatic carbocycles.